The summed E-state index contributed by atoms with van der Waals surface area (Å²) in [6.45, 7) is 2.06. The largest absolute Gasteiger partial charge is 0.573 e. The number of piperazine rings is 1. The predicted octanol–water partition coefficient (Wildman–Crippen LogP) is 2.60. The minimum absolute atomic E-state index is 0.100. The van der Waals surface area contributed by atoms with Crippen LogP contribution in [-0.4, -0.2) is 49.2 Å². The van der Waals surface area contributed by atoms with Crippen LogP contribution in [0.1, 0.15) is 18.0 Å². The molecule has 1 fully saturated rings. The van der Waals surface area contributed by atoms with Gasteiger partial charge in [-0.05, 0) is 24.6 Å². The Morgan fingerprint density at radius 3 is 2.55 bits per heavy atom. The Labute approximate surface area is 125 Å². The van der Waals surface area contributed by atoms with Crippen molar-refractivity contribution in [3.8, 4) is 11.5 Å². The van der Waals surface area contributed by atoms with Crippen LogP contribution in [0.25, 0.3) is 0 Å². The van der Waals surface area contributed by atoms with Crippen molar-refractivity contribution in [3.63, 3.8) is 0 Å². The van der Waals surface area contributed by atoms with Crippen molar-refractivity contribution < 1.29 is 27.4 Å². The lowest BCUT2D eigenvalue weighted by Crippen LogP contribution is -2.45. The Kier molecular flexibility index (Phi) is 5.47. The molecule has 1 aliphatic heterocycles. The second-order valence-electron chi connectivity index (χ2n) is 5.05. The van der Waals surface area contributed by atoms with Gasteiger partial charge in [0.15, 0.2) is 0 Å². The first kappa shape index (κ1) is 16.8. The standard InChI is InChI=1S/C14H18F4N2O2/c15-4-3-12(20-7-5-19-6-8-20)11-9-10(1-2-13(11)21)22-14(16,17)18/h1-2,9,12,19,21H,3-8H2/t12-/m1/s1. The number of phenols is 1. The van der Waals surface area contributed by atoms with E-state index in [9.17, 15) is 22.7 Å². The zero-order valence-electron chi connectivity index (χ0n) is 11.9. The van der Waals surface area contributed by atoms with Crippen LogP contribution in [0.4, 0.5) is 17.6 Å². The molecule has 2 rings (SSSR count). The van der Waals surface area contributed by atoms with E-state index in [1.165, 1.54) is 0 Å². The zero-order valence-corrected chi connectivity index (χ0v) is 11.9. The van der Waals surface area contributed by atoms with E-state index in [4.69, 9.17) is 0 Å². The smallest absolute Gasteiger partial charge is 0.508 e. The van der Waals surface area contributed by atoms with Gasteiger partial charge in [-0.3, -0.25) is 9.29 Å². The molecule has 0 aromatic heterocycles. The highest BCUT2D eigenvalue weighted by atomic mass is 19.4. The summed E-state index contributed by atoms with van der Waals surface area (Å²) in [7, 11) is 0. The number of nitrogens with zero attached hydrogens (tertiary/aromatic N) is 1. The van der Waals surface area contributed by atoms with Crippen molar-refractivity contribution >= 4 is 0 Å². The van der Waals surface area contributed by atoms with Gasteiger partial charge in [-0.2, -0.15) is 0 Å². The lowest BCUT2D eigenvalue weighted by Gasteiger charge is -2.35. The lowest BCUT2D eigenvalue weighted by molar-refractivity contribution is -0.274. The highest BCUT2D eigenvalue weighted by Crippen LogP contribution is 2.35. The van der Waals surface area contributed by atoms with Gasteiger partial charge in [-0.1, -0.05) is 0 Å². The molecule has 4 nitrogen and oxygen atoms in total. The fraction of sp³-hybridized carbons (Fsp3) is 0.571. The molecule has 8 heteroatoms. The van der Waals surface area contributed by atoms with E-state index in [0.717, 1.165) is 18.2 Å². The molecule has 0 radical (unpaired) electrons. The molecule has 1 saturated heterocycles. The molecule has 2 N–H and O–H groups in total. The summed E-state index contributed by atoms with van der Waals surface area (Å²) in [6, 6.07) is 2.83. The van der Waals surface area contributed by atoms with Gasteiger partial charge in [0, 0.05) is 37.8 Å². The van der Waals surface area contributed by atoms with Crippen LogP contribution in [0, 0.1) is 0 Å². The topological polar surface area (TPSA) is 44.7 Å². The number of aromatic hydroxyl groups is 1. The molecule has 22 heavy (non-hydrogen) atoms. The summed E-state index contributed by atoms with van der Waals surface area (Å²) < 4.78 is 53.7. The molecule has 0 unspecified atom stereocenters. The van der Waals surface area contributed by atoms with Gasteiger partial charge >= 0.3 is 6.36 Å². The van der Waals surface area contributed by atoms with Crippen LogP contribution in [0.15, 0.2) is 18.2 Å². The van der Waals surface area contributed by atoms with Crippen LogP contribution < -0.4 is 10.1 Å². The van der Waals surface area contributed by atoms with Crippen LogP contribution in [0.5, 0.6) is 11.5 Å². The summed E-state index contributed by atoms with van der Waals surface area (Å²) in [5, 5.41) is 13.1. The van der Waals surface area contributed by atoms with Gasteiger partial charge in [0.25, 0.3) is 0 Å². The van der Waals surface area contributed by atoms with Crippen molar-refractivity contribution in [1.29, 1.82) is 0 Å². The van der Waals surface area contributed by atoms with Crippen molar-refractivity contribution in [3.05, 3.63) is 23.8 Å². The number of phenolic OH excluding ortho intramolecular Hbond substituents is 1. The Balaban J connectivity index is 2.27. The van der Waals surface area contributed by atoms with Crippen LogP contribution >= 0.6 is 0 Å². The molecule has 1 atom stereocenters. The van der Waals surface area contributed by atoms with Gasteiger partial charge in [-0.25, -0.2) is 0 Å². The van der Waals surface area contributed by atoms with Crippen molar-refractivity contribution in [2.24, 2.45) is 0 Å². The number of benzene rings is 1. The number of halogens is 4. The summed E-state index contributed by atoms with van der Waals surface area (Å²) in [5.74, 6) is -0.578. The third-order valence-corrected chi connectivity index (χ3v) is 3.57. The Bertz CT molecular complexity index is 490. The Morgan fingerprint density at radius 2 is 1.95 bits per heavy atom. The predicted molar refractivity (Wildman–Crippen MR) is 72.6 cm³/mol. The van der Waals surface area contributed by atoms with Crippen molar-refractivity contribution in [1.82, 2.24) is 10.2 Å². The van der Waals surface area contributed by atoms with E-state index in [1.807, 2.05) is 4.90 Å². The fourth-order valence-electron chi connectivity index (χ4n) is 2.63. The second-order valence-corrected chi connectivity index (χ2v) is 5.05. The average molecular weight is 322 g/mol. The van der Waals surface area contributed by atoms with E-state index in [-0.39, 0.29) is 17.7 Å². The van der Waals surface area contributed by atoms with Crippen LogP contribution in [0.3, 0.4) is 0 Å². The molecule has 124 valence electrons. The minimum Gasteiger partial charge on any atom is -0.508 e. The SMILES string of the molecule is Oc1ccc(OC(F)(F)F)cc1[C@@H](CCF)N1CCNCC1. The number of hydrogen-bond acceptors (Lipinski definition) is 4. The molecular weight excluding hydrogens is 304 g/mol. The molecular formula is C14H18F4N2O2. The molecule has 0 spiro atoms. The van der Waals surface area contributed by atoms with E-state index in [1.54, 1.807) is 0 Å². The highest BCUT2D eigenvalue weighted by molar-refractivity contribution is 5.41. The van der Waals surface area contributed by atoms with Gasteiger partial charge in [0.1, 0.15) is 11.5 Å². The molecule has 1 aromatic carbocycles. The van der Waals surface area contributed by atoms with Gasteiger partial charge in [0.05, 0.1) is 6.67 Å². The molecule has 1 heterocycles. The molecule has 1 aromatic rings. The maximum absolute atomic E-state index is 12.9. The number of alkyl halides is 4. The molecule has 0 saturated carbocycles. The van der Waals surface area contributed by atoms with E-state index < -0.39 is 24.8 Å². The zero-order chi connectivity index (χ0) is 16.2. The van der Waals surface area contributed by atoms with Crippen molar-refractivity contribution in [2.45, 2.75) is 18.8 Å². The summed E-state index contributed by atoms with van der Waals surface area (Å²) in [4.78, 5) is 1.95. The number of rotatable bonds is 5. The van der Waals surface area contributed by atoms with E-state index in [2.05, 4.69) is 10.1 Å². The molecule has 0 aliphatic carbocycles. The van der Waals surface area contributed by atoms with Crippen molar-refractivity contribution in [2.75, 3.05) is 32.9 Å². The monoisotopic (exact) mass is 322 g/mol. The minimum atomic E-state index is -4.81. The highest BCUT2D eigenvalue weighted by Gasteiger charge is 2.32. The van der Waals surface area contributed by atoms with Gasteiger partial charge < -0.3 is 15.2 Å². The number of nitrogens with one attached hydrogen (secondary N) is 1. The Morgan fingerprint density at radius 1 is 1.27 bits per heavy atom. The lowest BCUT2D eigenvalue weighted by atomic mass is 10.00. The molecule has 0 bridgehead atoms. The number of ether oxygens (including phenoxy) is 1. The van der Waals surface area contributed by atoms with Gasteiger partial charge in [0.2, 0.25) is 0 Å². The van der Waals surface area contributed by atoms with E-state index >= 15 is 0 Å². The third kappa shape index (κ3) is 4.48. The third-order valence-electron chi connectivity index (χ3n) is 3.57. The average Bonchev–Trinajstić information content (AvgIpc) is 2.46. The summed E-state index contributed by atoms with van der Waals surface area (Å²) in [6.07, 6.45) is -4.71. The van der Waals surface area contributed by atoms with E-state index in [0.29, 0.717) is 26.2 Å². The van der Waals surface area contributed by atoms with Gasteiger partial charge in [-0.15, -0.1) is 13.2 Å². The second kappa shape index (κ2) is 7.15. The maximum atomic E-state index is 12.9. The number of hydrogen-bond donors (Lipinski definition) is 2. The summed E-state index contributed by atoms with van der Waals surface area (Å²) >= 11 is 0. The molecule has 0 amide bonds. The fourth-order valence-corrected chi connectivity index (χ4v) is 2.63. The van der Waals surface area contributed by atoms with Crippen LogP contribution in [-0.2, 0) is 0 Å². The summed E-state index contributed by atoms with van der Waals surface area (Å²) in [5.41, 5.74) is 0.251. The van der Waals surface area contributed by atoms with Crippen LogP contribution in [0.2, 0.25) is 0 Å². The molecule has 1 aliphatic rings. The normalized spacial score (nSPS) is 18.2. The quantitative estimate of drug-likeness (QED) is 0.818. The first-order valence-corrected chi connectivity index (χ1v) is 7.00. The first-order chi connectivity index (χ1) is 10.4. The Hall–Kier alpha value is -1.54. The first-order valence-electron chi connectivity index (χ1n) is 7.00. The maximum Gasteiger partial charge on any atom is 0.573 e.